The molecule has 3 N–H and O–H groups in total. The summed E-state index contributed by atoms with van der Waals surface area (Å²) < 4.78 is 0. The second kappa shape index (κ2) is 6.94. The highest BCUT2D eigenvalue weighted by Crippen LogP contribution is 2.41. The molecule has 2 heterocycles. The van der Waals surface area contributed by atoms with Gasteiger partial charge < -0.3 is 5.73 Å². The Morgan fingerprint density at radius 2 is 1.78 bits per heavy atom. The summed E-state index contributed by atoms with van der Waals surface area (Å²) in [6.07, 6.45) is 2.07. The van der Waals surface area contributed by atoms with Crippen LogP contribution in [0.15, 0.2) is 60.4 Å². The van der Waals surface area contributed by atoms with E-state index in [2.05, 4.69) is 5.43 Å². The van der Waals surface area contributed by atoms with Crippen LogP contribution >= 0.6 is 11.6 Å². The van der Waals surface area contributed by atoms with Gasteiger partial charge in [0.25, 0.3) is 5.91 Å². The highest BCUT2D eigenvalue weighted by atomic mass is 35.5. The lowest BCUT2D eigenvalue weighted by molar-refractivity contribution is -0.113. The molecule has 4 rings (SSSR count). The molecule has 0 atom stereocenters. The summed E-state index contributed by atoms with van der Waals surface area (Å²) in [5.41, 5.74) is 10.4. The lowest BCUT2D eigenvalue weighted by atomic mass is 10.2. The van der Waals surface area contributed by atoms with Crippen LogP contribution in [0.1, 0.15) is 6.42 Å². The molecule has 2 aliphatic rings. The maximum absolute atomic E-state index is 13.0. The van der Waals surface area contributed by atoms with Crippen LogP contribution in [-0.4, -0.2) is 30.0 Å². The van der Waals surface area contributed by atoms with Crippen molar-refractivity contribution in [3.63, 3.8) is 0 Å². The molecule has 138 valence electrons. The second-order valence-corrected chi connectivity index (χ2v) is 6.63. The van der Waals surface area contributed by atoms with Crippen molar-refractivity contribution >= 4 is 40.6 Å². The smallest absolute Gasteiger partial charge is 0.330 e. The normalized spacial score (nSPS) is 15.9. The molecule has 0 aromatic heterocycles. The predicted molar refractivity (Wildman–Crippen MR) is 105 cm³/mol. The Hall–Kier alpha value is -3.03. The second-order valence-electron chi connectivity index (χ2n) is 6.20. The molecule has 27 heavy (non-hydrogen) atoms. The van der Waals surface area contributed by atoms with Crippen molar-refractivity contribution in [3.8, 4) is 0 Å². The number of carbonyl (C=O) groups excluding carboxylic acids is 2. The summed E-state index contributed by atoms with van der Waals surface area (Å²) in [6, 6.07) is 14.1. The maximum atomic E-state index is 13.0. The van der Waals surface area contributed by atoms with Crippen molar-refractivity contribution in [3.05, 3.63) is 65.5 Å². The number of hydrogen-bond donors (Lipinski definition) is 2. The van der Waals surface area contributed by atoms with Gasteiger partial charge in [-0.1, -0.05) is 29.8 Å². The maximum Gasteiger partial charge on any atom is 0.349 e. The number of anilines is 3. The fraction of sp³-hybridized carbons (Fsp3) is 0.158. The lowest BCUT2D eigenvalue weighted by Crippen LogP contribution is -2.37. The molecule has 1 saturated heterocycles. The van der Waals surface area contributed by atoms with Gasteiger partial charge in [0.05, 0.1) is 11.4 Å². The van der Waals surface area contributed by atoms with Crippen molar-refractivity contribution < 1.29 is 9.59 Å². The number of benzene rings is 2. The van der Waals surface area contributed by atoms with Gasteiger partial charge in [-0.2, -0.15) is 0 Å². The van der Waals surface area contributed by atoms with Gasteiger partial charge in [-0.25, -0.2) is 14.7 Å². The third kappa shape index (κ3) is 3.01. The van der Waals surface area contributed by atoms with Crippen LogP contribution in [0, 0.1) is 0 Å². The van der Waals surface area contributed by atoms with E-state index in [-0.39, 0.29) is 11.9 Å². The Bertz CT molecular complexity index is 931. The fourth-order valence-electron chi connectivity index (χ4n) is 3.20. The van der Waals surface area contributed by atoms with Crippen molar-refractivity contribution in [1.82, 2.24) is 10.4 Å². The number of carbonyl (C=O) groups is 2. The minimum atomic E-state index is -0.275. The number of fused-ring (bicyclic) bond motifs is 3. The summed E-state index contributed by atoms with van der Waals surface area (Å²) in [5, 5.41) is 1.94. The quantitative estimate of drug-likeness (QED) is 0.850. The number of nitrogens with two attached hydrogens (primary N) is 1. The number of para-hydroxylation sites is 1. The number of nitrogens with one attached hydrogen (secondary N) is 1. The molecule has 2 aromatic carbocycles. The topological polar surface area (TPSA) is 81.9 Å². The third-order valence-corrected chi connectivity index (χ3v) is 4.65. The Morgan fingerprint density at radius 3 is 2.52 bits per heavy atom. The number of hydrazine groups is 1. The lowest BCUT2D eigenvalue weighted by Gasteiger charge is -2.25. The molecule has 1 fully saturated rings. The molecule has 0 bridgehead atoms. The summed E-state index contributed by atoms with van der Waals surface area (Å²) >= 11 is 6.21. The summed E-state index contributed by atoms with van der Waals surface area (Å²) in [7, 11) is 0. The summed E-state index contributed by atoms with van der Waals surface area (Å²) in [6.45, 7) is 0.917. The number of rotatable bonds is 4. The summed E-state index contributed by atoms with van der Waals surface area (Å²) in [4.78, 5) is 29.0. The van der Waals surface area contributed by atoms with E-state index in [1.165, 1.54) is 16.0 Å². The molecule has 0 spiro atoms. The van der Waals surface area contributed by atoms with Gasteiger partial charge in [-0.3, -0.25) is 15.1 Å². The molecular formula is C19H18ClN5O2. The van der Waals surface area contributed by atoms with E-state index in [0.29, 0.717) is 47.4 Å². The minimum Gasteiger partial charge on any atom is -0.330 e. The fourth-order valence-corrected chi connectivity index (χ4v) is 3.37. The first kappa shape index (κ1) is 17.4. The van der Waals surface area contributed by atoms with Gasteiger partial charge in [-0.15, -0.1) is 0 Å². The van der Waals surface area contributed by atoms with E-state index in [4.69, 9.17) is 17.3 Å². The monoisotopic (exact) mass is 383 g/mol. The van der Waals surface area contributed by atoms with E-state index >= 15 is 0 Å². The number of urea groups is 1. The van der Waals surface area contributed by atoms with E-state index in [1.54, 1.807) is 23.1 Å². The van der Waals surface area contributed by atoms with Crippen molar-refractivity contribution in [2.24, 2.45) is 5.73 Å². The Balaban J connectivity index is 1.84. The predicted octanol–water partition coefficient (Wildman–Crippen LogP) is 2.96. The number of halogens is 1. The Labute approximate surface area is 161 Å². The van der Waals surface area contributed by atoms with Crippen LogP contribution in [-0.2, 0) is 4.79 Å². The van der Waals surface area contributed by atoms with Gasteiger partial charge >= 0.3 is 6.03 Å². The average Bonchev–Trinajstić information content (AvgIpc) is 2.90. The average molecular weight is 384 g/mol. The van der Waals surface area contributed by atoms with Crippen molar-refractivity contribution in [2.75, 3.05) is 22.9 Å². The van der Waals surface area contributed by atoms with Gasteiger partial charge in [0.2, 0.25) is 0 Å². The van der Waals surface area contributed by atoms with E-state index in [0.717, 1.165) is 0 Å². The minimum absolute atomic E-state index is 0.263. The number of hydrogen-bond acceptors (Lipinski definition) is 4. The zero-order chi connectivity index (χ0) is 19.0. The van der Waals surface area contributed by atoms with E-state index < -0.39 is 0 Å². The molecule has 0 unspecified atom stereocenters. The van der Waals surface area contributed by atoms with Gasteiger partial charge in [0, 0.05) is 23.3 Å². The van der Waals surface area contributed by atoms with E-state index in [1.807, 2.05) is 30.3 Å². The SMILES string of the molecule is NCCCN1NC2=CC(=O)N(c3ccccc3)c3cc(Cl)ccc3N2C1=O. The molecule has 0 saturated carbocycles. The summed E-state index contributed by atoms with van der Waals surface area (Å²) in [5.74, 6) is 0.132. The highest BCUT2D eigenvalue weighted by molar-refractivity contribution is 6.31. The van der Waals surface area contributed by atoms with Crippen LogP contribution < -0.4 is 21.0 Å². The zero-order valence-corrected chi connectivity index (χ0v) is 15.2. The van der Waals surface area contributed by atoms with Crippen molar-refractivity contribution in [1.29, 1.82) is 0 Å². The molecule has 8 heteroatoms. The van der Waals surface area contributed by atoms with Gasteiger partial charge in [0.15, 0.2) is 0 Å². The largest absolute Gasteiger partial charge is 0.349 e. The van der Waals surface area contributed by atoms with Crippen LogP contribution in [0.2, 0.25) is 5.02 Å². The van der Waals surface area contributed by atoms with Crippen LogP contribution in [0.25, 0.3) is 0 Å². The molecule has 7 nitrogen and oxygen atoms in total. The van der Waals surface area contributed by atoms with Crippen molar-refractivity contribution in [2.45, 2.75) is 6.42 Å². The first-order valence-corrected chi connectivity index (χ1v) is 8.96. The molecule has 3 amide bonds. The molecule has 2 aromatic rings. The standard InChI is InChI=1S/C19H18ClN5O2/c20-13-7-8-15-16(11-13)24(14-5-2-1-3-6-14)18(26)12-17-22-23(10-4-9-21)19(27)25(15)17/h1-3,5-8,11-12,22H,4,9-10,21H2. The molecule has 0 radical (unpaired) electrons. The molecule has 2 aliphatic heterocycles. The van der Waals surface area contributed by atoms with Crippen LogP contribution in [0.3, 0.4) is 0 Å². The first-order chi connectivity index (χ1) is 13.1. The molecule has 0 aliphatic carbocycles. The van der Waals surface area contributed by atoms with E-state index in [9.17, 15) is 9.59 Å². The number of amides is 3. The zero-order valence-electron chi connectivity index (χ0n) is 14.4. The van der Waals surface area contributed by atoms with Gasteiger partial charge in [0.1, 0.15) is 5.82 Å². The van der Waals surface area contributed by atoms with Crippen LogP contribution in [0.4, 0.5) is 21.9 Å². The van der Waals surface area contributed by atoms with Gasteiger partial charge in [-0.05, 0) is 43.3 Å². The Morgan fingerprint density at radius 1 is 1.00 bits per heavy atom. The number of nitrogens with zero attached hydrogens (tertiary/aromatic N) is 3. The highest BCUT2D eigenvalue weighted by Gasteiger charge is 2.39. The third-order valence-electron chi connectivity index (χ3n) is 4.41. The first-order valence-electron chi connectivity index (χ1n) is 8.59. The Kier molecular flexibility index (Phi) is 4.47. The molecular weight excluding hydrogens is 366 g/mol. The van der Waals surface area contributed by atoms with Crippen LogP contribution in [0.5, 0.6) is 0 Å².